The van der Waals surface area contributed by atoms with Crippen LogP contribution in [0.1, 0.15) is 103 Å². The Hall–Kier alpha value is 0.177. The van der Waals surface area contributed by atoms with E-state index >= 15 is 0 Å². The third kappa shape index (κ3) is 5.09. The van der Waals surface area contributed by atoms with E-state index in [4.69, 9.17) is 4.43 Å². The van der Waals surface area contributed by atoms with Crippen LogP contribution in [0, 0.1) is 10.8 Å². The molecule has 0 heterocycles. The molecule has 0 aromatic heterocycles. The maximum Gasteiger partial charge on any atom is 0.145 e. The normalized spacial score (nSPS) is 30.1. The fourth-order valence-electron chi connectivity index (χ4n) is 5.12. The fourth-order valence-corrected chi connectivity index (χ4v) is 5.73. The van der Waals surface area contributed by atoms with Crippen molar-refractivity contribution in [2.24, 2.45) is 10.8 Å². The van der Waals surface area contributed by atoms with Gasteiger partial charge < -0.3 is 4.43 Å². The molecular weight excluding hydrogens is 272 g/mol. The Bertz CT molecular complexity index is 270. The Morgan fingerprint density at radius 3 is 1.67 bits per heavy atom. The molecule has 0 unspecified atom stereocenters. The summed E-state index contributed by atoms with van der Waals surface area (Å²) in [6, 6.07) is 0. The molecule has 0 radical (unpaired) electrons. The van der Waals surface area contributed by atoms with Gasteiger partial charge in [-0.15, -0.1) is 0 Å². The van der Waals surface area contributed by atoms with Crippen molar-refractivity contribution in [2.75, 3.05) is 6.61 Å². The highest BCUT2D eigenvalue weighted by atomic mass is 28.2. The van der Waals surface area contributed by atoms with Crippen LogP contribution in [0.25, 0.3) is 0 Å². The molecule has 0 saturated heterocycles. The van der Waals surface area contributed by atoms with Gasteiger partial charge in [0.25, 0.3) is 0 Å². The third-order valence-corrected chi connectivity index (χ3v) is 6.30. The van der Waals surface area contributed by atoms with Crippen LogP contribution < -0.4 is 0 Å². The van der Waals surface area contributed by atoms with Crippen LogP contribution in [0.15, 0.2) is 0 Å². The molecule has 0 N–H and O–H groups in total. The lowest BCUT2D eigenvalue weighted by Crippen LogP contribution is -2.63. The van der Waals surface area contributed by atoms with Crippen LogP contribution in [-0.2, 0) is 4.43 Å². The Kier molecular flexibility index (Phi) is 7.28. The maximum absolute atomic E-state index is 5.48. The van der Waals surface area contributed by atoms with Gasteiger partial charge >= 0.3 is 0 Å². The highest BCUT2D eigenvalue weighted by molar-refractivity contribution is 5.98. The SMILES string of the molecule is CCCCCCCCCCCCCC12CC(CO[SiH3])(C1)C2. The van der Waals surface area contributed by atoms with E-state index in [9.17, 15) is 0 Å². The molecule has 3 fully saturated rings. The molecule has 0 amide bonds. The van der Waals surface area contributed by atoms with E-state index in [-0.39, 0.29) is 0 Å². The van der Waals surface area contributed by atoms with Crippen LogP contribution in [0.4, 0.5) is 0 Å². The second kappa shape index (κ2) is 8.72. The van der Waals surface area contributed by atoms with Crippen molar-refractivity contribution < 1.29 is 4.43 Å². The highest BCUT2D eigenvalue weighted by Gasteiger charge is 2.66. The van der Waals surface area contributed by atoms with E-state index in [0.29, 0.717) is 5.41 Å². The quantitative estimate of drug-likeness (QED) is 0.318. The van der Waals surface area contributed by atoms with E-state index in [1.54, 1.807) is 0 Å². The summed E-state index contributed by atoms with van der Waals surface area (Å²) in [4.78, 5) is 0. The van der Waals surface area contributed by atoms with Crippen LogP contribution in [0.2, 0.25) is 0 Å². The molecule has 0 aromatic carbocycles. The lowest BCUT2D eigenvalue weighted by atomic mass is 9.34. The van der Waals surface area contributed by atoms with Gasteiger partial charge in [0.05, 0.1) is 0 Å². The molecule has 2 bridgehead atoms. The summed E-state index contributed by atoms with van der Waals surface area (Å²) in [6.07, 6.45) is 22.2. The van der Waals surface area contributed by atoms with Gasteiger partial charge in [-0.1, -0.05) is 77.6 Å². The van der Waals surface area contributed by atoms with Crippen molar-refractivity contribution in [1.82, 2.24) is 0 Å². The molecule has 124 valence electrons. The Balaban J connectivity index is 1.31. The lowest BCUT2D eigenvalue weighted by molar-refractivity contribution is -0.222. The molecule has 3 saturated carbocycles. The van der Waals surface area contributed by atoms with Gasteiger partial charge in [-0.25, -0.2) is 0 Å². The van der Waals surface area contributed by atoms with Crippen LogP contribution in [0.3, 0.4) is 0 Å². The predicted octanol–water partition coefficient (Wildman–Crippen LogP) is 5.15. The first-order valence-corrected chi connectivity index (χ1v) is 10.5. The van der Waals surface area contributed by atoms with E-state index < -0.39 is 0 Å². The Labute approximate surface area is 136 Å². The smallest absolute Gasteiger partial charge is 0.145 e. The monoisotopic (exact) mass is 310 g/mol. The van der Waals surface area contributed by atoms with Crippen molar-refractivity contribution >= 4 is 10.5 Å². The zero-order valence-corrected chi connectivity index (χ0v) is 16.7. The fraction of sp³-hybridized carbons (Fsp3) is 1.00. The van der Waals surface area contributed by atoms with E-state index in [2.05, 4.69) is 6.92 Å². The number of hydrogen-bond acceptors (Lipinski definition) is 1. The second-order valence-electron chi connectivity index (χ2n) is 8.25. The molecule has 21 heavy (non-hydrogen) atoms. The molecule has 0 atom stereocenters. The summed E-state index contributed by atoms with van der Waals surface area (Å²) in [5, 5.41) is 0. The molecule has 0 aromatic rings. The molecular formula is C19H38OSi. The van der Waals surface area contributed by atoms with Crippen molar-refractivity contribution in [3.05, 3.63) is 0 Å². The molecule has 2 heteroatoms. The van der Waals surface area contributed by atoms with Crippen molar-refractivity contribution in [3.63, 3.8) is 0 Å². The first-order valence-electron chi connectivity index (χ1n) is 9.73. The zero-order valence-electron chi connectivity index (χ0n) is 14.7. The Morgan fingerprint density at radius 2 is 1.19 bits per heavy atom. The molecule has 3 rings (SSSR count). The first kappa shape index (κ1) is 17.5. The minimum atomic E-state index is 0.680. The summed E-state index contributed by atoms with van der Waals surface area (Å²) in [6.45, 7) is 3.38. The molecule has 3 aliphatic carbocycles. The highest BCUT2D eigenvalue weighted by Crippen LogP contribution is 2.75. The summed E-state index contributed by atoms with van der Waals surface area (Å²) >= 11 is 0. The average molecular weight is 311 g/mol. The van der Waals surface area contributed by atoms with E-state index in [1.165, 1.54) is 96.3 Å². The van der Waals surface area contributed by atoms with Gasteiger partial charge in [-0.05, 0) is 36.5 Å². The molecule has 3 aliphatic rings. The molecule has 0 spiro atoms. The van der Waals surface area contributed by atoms with Gasteiger partial charge in [0.15, 0.2) is 0 Å². The summed E-state index contributed by atoms with van der Waals surface area (Å²) in [5.74, 6) is 0. The van der Waals surface area contributed by atoms with E-state index in [0.717, 1.165) is 22.5 Å². The minimum Gasteiger partial charge on any atom is -0.427 e. The van der Waals surface area contributed by atoms with Crippen molar-refractivity contribution in [1.29, 1.82) is 0 Å². The number of rotatable bonds is 14. The van der Waals surface area contributed by atoms with Gasteiger partial charge in [0.1, 0.15) is 10.5 Å². The predicted molar refractivity (Wildman–Crippen MR) is 95.7 cm³/mol. The molecule has 0 aliphatic heterocycles. The van der Waals surface area contributed by atoms with Crippen molar-refractivity contribution in [3.8, 4) is 0 Å². The molecule has 1 nitrogen and oxygen atoms in total. The topological polar surface area (TPSA) is 9.23 Å². The van der Waals surface area contributed by atoms with Crippen LogP contribution >= 0.6 is 0 Å². The number of unbranched alkanes of at least 4 members (excludes halogenated alkanes) is 10. The third-order valence-electron chi connectivity index (χ3n) is 6.01. The zero-order chi connectivity index (χ0) is 15.0. The standard InChI is InChI=1S/C19H38OSi/c1-2-3-4-5-6-7-8-9-10-11-12-13-18-14-19(15-18,16-18)17-20-21/h2-17H2,1,21H3. The largest absolute Gasteiger partial charge is 0.427 e. The number of hydrogen-bond donors (Lipinski definition) is 0. The first-order chi connectivity index (χ1) is 10.2. The Morgan fingerprint density at radius 1 is 0.714 bits per heavy atom. The lowest BCUT2D eigenvalue weighted by Gasteiger charge is -2.71. The van der Waals surface area contributed by atoms with Gasteiger partial charge in [0.2, 0.25) is 0 Å². The van der Waals surface area contributed by atoms with Crippen molar-refractivity contribution in [2.45, 2.75) is 103 Å². The summed E-state index contributed by atoms with van der Waals surface area (Å²) in [5.41, 5.74) is 1.49. The second-order valence-corrected chi connectivity index (χ2v) is 8.83. The van der Waals surface area contributed by atoms with Crippen LogP contribution in [0.5, 0.6) is 0 Å². The minimum absolute atomic E-state index is 0.680. The van der Waals surface area contributed by atoms with Crippen LogP contribution in [-0.4, -0.2) is 17.1 Å². The van der Waals surface area contributed by atoms with Gasteiger partial charge in [0, 0.05) is 6.61 Å². The average Bonchev–Trinajstić information content (AvgIpc) is 2.40. The van der Waals surface area contributed by atoms with Gasteiger partial charge in [-0.2, -0.15) is 0 Å². The maximum atomic E-state index is 5.48. The summed E-state index contributed by atoms with van der Waals surface area (Å²) in [7, 11) is 0.928. The van der Waals surface area contributed by atoms with Gasteiger partial charge in [-0.3, -0.25) is 0 Å². The summed E-state index contributed by atoms with van der Waals surface area (Å²) < 4.78 is 5.48. The van der Waals surface area contributed by atoms with E-state index in [1.807, 2.05) is 0 Å².